The number of alkyl halides is 3. The monoisotopic (exact) mass is 442 g/mol. The fourth-order valence-corrected chi connectivity index (χ4v) is 3.14. The van der Waals surface area contributed by atoms with Gasteiger partial charge in [-0.1, -0.05) is 0 Å². The summed E-state index contributed by atoms with van der Waals surface area (Å²) in [7, 11) is 0. The number of hydrogen-bond donors (Lipinski definition) is 1. The van der Waals surface area contributed by atoms with Gasteiger partial charge in [-0.15, -0.1) is 23.4 Å². The normalized spacial score (nSPS) is 19.8. The molecule has 1 aromatic heterocycles. The maximum absolute atomic E-state index is 12.3. The molecule has 2 aromatic rings. The van der Waals surface area contributed by atoms with Crippen molar-refractivity contribution in [1.29, 1.82) is 0 Å². The molecule has 2 aliphatic rings. The van der Waals surface area contributed by atoms with Crippen LogP contribution < -0.4 is 10.1 Å². The molecule has 166 valence electrons. The maximum atomic E-state index is 12.3. The SMILES string of the molecule is O=[N+]([O-])C1=CN2CCN(Cc3nnc(-c4ccc(OC(F)(F)F)cc4)o3)CCOC2N1. The molecule has 0 aliphatic carbocycles. The van der Waals surface area contributed by atoms with E-state index in [1.165, 1.54) is 18.3 Å². The van der Waals surface area contributed by atoms with Gasteiger partial charge >= 0.3 is 12.2 Å². The summed E-state index contributed by atoms with van der Waals surface area (Å²) >= 11 is 0. The Morgan fingerprint density at radius 3 is 2.71 bits per heavy atom. The smallest absolute Gasteiger partial charge is 0.419 e. The molecule has 1 saturated heterocycles. The van der Waals surface area contributed by atoms with E-state index in [1.54, 1.807) is 4.90 Å². The van der Waals surface area contributed by atoms with Crippen LogP contribution in [0, 0.1) is 10.1 Å². The number of nitrogens with one attached hydrogen (secondary N) is 1. The van der Waals surface area contributed by atoms with Crippen LogP contribution >= 0.6 is 0 Å². The maximum Gasteiger partial charge on any atom is 0.573 e. The van der Waals surface area contributed by atoms with Crippen molar-refractivity contribution in [3.63, 3.8) is 0 Å². The van der Waals surface area contributed by atoms with Gasteiger partial charge in [0.15, 0.2) is 0 Å². The number of halogens is 3. The Morgan fingerprint density at radius 2 is 2.00 bits per heavy atom. The lowest BCUT2D eigenvalue weighted by molar-refractivity contribution is -0.432. The van der Waals surface area contributed by atoms with E-state index in [2.05, 4.69) is 20.3 Å². The number of nitro groups is 1. The lowest BCUT2D eigenvalue weighted by Gasteiger charge is -2.30. The predicted molar refractivity (Wildman–Crippen MR) is 96.4 cm³/mol. The second-order valence-electron chi connectivity index (χ2n) is 6.73. The fraction of sp³-hybridized carbons (Fsp3) is 0.412. The highest BCUT2D eigenvalue weighted by Crippen LogP contribution is 2.26. The lowest BCUT2D eigenvalue weighted by atomic mass is 10.2. The molecule has 0 spiro atoms. The average Bonchev–Trinajstić information content (AvgIpc) is 3.30. The first-order valence-electron chi connectivity index (χ1n) is 9.18. The van der Waals surface area contributed by atoms with Crippen LogP contribution in [-0.2, 0) is 11.3 Å². The highest BCUT2D eigenvalue weighted by atomic mass is 19.4. The van der Waals surface area contributed by atoms with Gasteiger partial charge in [0, 0.05) is 25.2 Å². The van der Waals surface area contributed by atoms with E-state index in [4.69, 9.17) is 9.15 Å². The summed E-state index contributed by atoms with van der Waals surface area (Å²) in [5, 5.41) is 21.5. The Labute approximate surface area is 173 Å². The van der Waals surface area contributed by atoms with Crippen molar-refractivity contribution in [2.45, 2.75) is 19.3 Å². The van der Waals surface area contributed by atoms with Crippen molar-refractivity contribution in [3.05, 3.63) is 52.3 Å². The molecule has 11 nitrogen and oxygen atoms in total. The van der Waals surface area contributed by atoms with Crippen LogP contribution in [-0.4, -0.2) is 63.9 Å². The number of rotatable bonds is 5. The summed E-state index contributed by atoms with van der Waals surface area (Å²) in [5.74, 6) is 0.0234. The van der Waals surface area contributed by atoms with E-state index in [0.29, 0.717) is 44.2 Å². The van der Waals surface area contributed by atoms with Crippen LogP contribution in [0.1, 0.15) is 5.89 Å². The molecule has 31 heavy (non-hydrogen) atoms. The minimum Gasteiger partial charge on any atom is -0.419 e. The zero-order chi connectivity index (χ0) is 22.0. The topological polar surface area (TPSA) is 119 Å². The fourth-order valence-electron chi connectivity index (χ4n) is 3.14. The minimum atomic E-state index is -4.76. The van der Waals surface area contributed by atoms with Crippen molar-refractivity contribution in [3.8, 4) is 17.2 Å². The molecule has 4 rings (SSSR count). The summed E-state index contributed by atoms with van der Waals surface area (Å²) in [5.41, 5.74) is 0.452. The summed E-state index contributed by atoms with van der Waals surface area (Å²) < 4.78 is 51.9. The molecule has 1 aromatic carbocycles. The minimum absolute atomic E-state index is 0.119. The second kappa shape index (κ2) is 8.39. The zero-order valence-corrected chi connectivity index (χ0v) is 15.9. The molecule has 0 bridgehead atoms. The van der Waals surface area contributed by atoms with Crippen LogP contribution in [0.3, 0.4) is 0 Å². The third-order valence-electron chi connectivity index (χ3n) is 4.58. The first-order valence-corrected chi connectivity index (χ1v) is 9.18. The van der Waals surface area contributed by atoms with Crippen LogP contribution in [0.4, 0.5) is 13.2 Å². The Hall–Kier alpha value is -3.39. The molecule has 1 fully saturated rings. The first kappa shape index (κ1) is 20.9. The highest BCUT2D eigenvalue weighted by molar-refractivity contribution is 5.53. The molecule has 14 heteroatoms. The summed E-state index contributed by atoms with van der Waals surface area (Å²) in [4.78, 5) is 14.1. The van der Waals surface area contributed by atoms with Crippen molar-refractivity contribution >= 4 is 0 Å². The summed E-state index contributed by atoms with van der Waals surface area (Å²) in [6, 6.07) is 5.11. The number of fused-ring (bicyclic) bond motifs is 1. The first-order chi connectivity index (χ1) is 14.8. The van der Waals surface area contributed by atoms with Gasteiger partial charge in [-0.3, -0.25) is 4.90 Å². The van der Waals surface area contributed by atoms with Crippen molar-refractivity contribution in [2.24, 2.45) is 0 Å². The van der Waals surface area contributed by atoms with Crippen molar-refractivity contribution < 1.29 is 32.0 Å². The van der Waals surface area contributed by atoms with Gasteiger partial charge in [0.1, 0.15) is 5.75 Å². The largest absolute Gasteiger partial charge is 0.573 e. The molecule has 0 radical (unpaired) electrons. The Balaban J connectivity index is 1.36. The second-order valence-corrected chi connectivity index (χ2v) is 6.73. The Morgan fingerprint density at radius 1 is 1.23 bits per heavy atom. The molecule has 0 saturated carbocycles. The van der Waals surface area contributed by atoms with E-state index in [9.17, 15) is 23.3 Å². The Bertz CT molecular complexity index is 964. The van der Waals surface area contributed by atoms with E-state index in [0.717, 1.165) is 12.1 Å². The summed E-state index contributed by atoms with van der Waals surface area (Å²) in [6.45, 7) is 2.25. The van der Waals surface area contributed by atoms with Gasteiger partial charge in [0.25, 0.3) is 6.35 Å². The number of benzene rings is 1. The number of aromatic nitrogens is 2. The molecule has 2 aliphatic heterocycles. The molecule has 3 heterocycles. The molecular weight excluding hydrogens is 425 g/mol. The van der Waals surface area contributed by atoms with Gasteiger partial charge in [-0.25, -0.2) is 5.32 Å². The number of hydrogen-bond acceptors (Lipinski definition) is 10. The zero-order valence-electron chi connectivity index (χ0n) is 15.9. The number of nitrogens with zero attached hydrogens (tertiary/aromatic N) is 5. The predicted octanol–water partition coefficient (Wildman–Crippen LogP) is 1.73. The molecule has 1 N–H and O–H groups in total. The standard InChI is InChI=1S/C17H17F3N6O5/c18-17(19,20)31-12-3-1-11(2-4-12)15-23-22-14(30-15)10-24-5-6-25-9-13(26(27)28)21-16(25)29-8-7-24/h1-4,9,16,21H,5-8,10H2. The third kappa shape index (κ3) is 5.21. The van der Waals surface area contributed by atoms with Gasteiger partial charge in [-0.05, 0) is 29.2 Å². The van der Waals surface area contributed by atoms with E-state index >= 15 is 0 Å². The number of ether oxygens (including phenoxy) is 2. The van der Waals surface area contributed by atoms with Crippen LogP contribution in [0.15, 0.2) is 40.7 Å². The van der Waals surface area contributed by atoms with E-state index in [-0.39, 0.29) is 17.5 Å². The molecule has 1 atom stereocenters. The molecule has 1 unspecified atom stereocenters. The van der Waals surface area contributed by atoms with Crippen molar-refractivity contribution in [2.75, 3.05) is 26.2 Å². The lowest BCUT2D eigenvalue weighted by Crippen LogP contribution is -2.46. The Kier molecular flexibility index (Phi) is 5.65. The van der Waals surface area contributed by atoms with E-state index in [1.807, 2.05) is 4.90 Å². The van der Waals surface area contributed by atoms with Gasteiger partial charge in [0.05, 0.1) is 19.4 Å². The van der Waals surface area contributed by atoms with Crippen LogP contribution in [0.25, 0.3) is 11.5 Å². The molecular formula is C17H17F3N6O5. The van der Waals surface area contributed by atoms with Crippen LogP contribution in [0.5, 0.6) is 5.75 Å². The van der Waals surface area contributed by atoms with Crippen LogP contribution in [0.2, 0.25) is 0 Å². The van der Waals surface area contributed by atoms with Gasteiger partial charge in [-0.2, -0.15) is 0 Å². The van der Waals surface area contributed by atoms with Gasteiger partial charge in [0.2, 0.25) is 11.8 Å². The third-order valence-corrected chi connectivity index (χ3v) is 4.58. The molecule has 0 amide bonds. The summed E-state index contributed by atoms with van der Waals surface area (Å²) in [6.07, 6.45) is -3.92. The quantitative estimate of drug-likeness (QED) is 0.542. The van der Waals surface area contributed by atoms with Gasteiger partial charge < -0.3 is 28.9 Å². The van der Waals surface area contributed by atoms with Crippen molar-refractivity contribution in [1.82, 2.24) is 25.3 Å². The van der Waals surface area contributed by atoms with E-state index < -0.39 is 17.6 Å². The average molecular weight is 442 g/mol. The highest BCUT2D eigenvalue weighted by Gasteiger charge is 2.34.